The molecule has 2 amide bonds. The first-order valence-electron chi connectivity index (χ1n) is 10.4. The normalized spacial score (nSPS) is 18.1. The molecule has 0 aliphatic carbocycles. The predicted molar refractivity (Wildman–Crippen MR) is 117 cm³/mol. The lowest BCUT2D eigenvalue weighted by Gasteiger charge is -2.35. The van der Waals surface area contributed by atoms with Gasteiger partial charge in [0.05, 0.1) is 4.88 Å². The number of ether oxygens (including phenoxy) is 2. The smallest absolute Gasteiger partial charge is 0.407 e. The maximum absolute atomic E-state index is 13.4. The molecule has 2 aliphatic heterocycles. The van der Waals surface area contributed by atoms with E-state index >= 15 is 0 Å². The van der Waals surface area contributed by atoms with E-state index in [2.05, 4.69) is 5.32 Å². The van der Waals surface area contributed by atoms with Crippen molar-refractivity contribution in [3.8, 4) is 16.2 Å². The molecule has 160 valence electrons. The summed E-state index contributed by atoms with van der Waals surface area (Å²) in [6.07, 6.45) is 2.46. The van der Waals surface area contributed by atoms with Crippen molar-refractivity contribution in [1.29, 1.82) is 0 Å². The molecule has 1 N–H and O–H groups in total. The molecule has 1 aromatic heterocycles. The van der Waals surface area contributed by atoms with Crippen LogP contribution in [-0.2, 0) is 11.3 Å². The molecule has 0 radical (unpaired) electrons. The van der Waals surface area contributed by atoms with Crippen LogP contribution in [0.15, 0.2) is 30.3 Å². The molecule has 3 heterocycles. The number of carbonyl (C=O) groups excluding carboxylic acids is 2. The zero-order valence-corrected chi connectivity index (χ0v) is 18.5. The maximum atomic E-state index is 13.4. The Morgan fingerprint density at radius 1 is 1.27 bits per heavy atom. The lowest BCUT2D eigenvalue weighted by Crippen LogP contribution is -2.49. The Hall–Kier alpha value is -2.54. The molecule has 7 heteroatoms. The highest BCUT2D eigenvalue weighted by Crippen LogP contribution is 2.42. The second-order valence-corrected chi connectivity index (χ2v) is 9.83. The summed E-state index contributed by atoms with van der Waals surface area (Å²) >= 11 is 1.53. The number of likely N-dealkylation sites (tertiary alicyclic amines) is 1. The average molecular weight is 429 g/mol. The topological polar surface area (TPSA) is 67.9 Å². The molecule has 2 aromatic rings. The van der Waals surface area contributed by atoms with Crippen molar-refractivity contribution >= 4 is 23.3 Å². The number of rotatable bonds is 3. The molecular weight excluding hydrogens is 400 g/mol. The van der Waals surface area contributed by atoms with E-state index in [-0.39, 0.29) is 11.9 Å². The Morgan fingerprint density at radius 2 is 2.07 bits per heavy atom. The minimum atomic E-state index is -0.541. The summed E-state index contributed by atoms with van der Waals surface area (Å²) in [6.45, 7) is 7.10. The Kier molecular flexibility index (Phi) is 5.73. The summed E-state index contributed by atoms with van der Waals surface area (Å²) in [5, 5.41) is 2.84. The van der Waals surface area contributed by atoms with Crippen molar-refractivity contribution in [1.82, 2.24) is 10.2 Å². The average Bonchev–Trinajstić information content (AvgIpc) is 3.15. The molecule has 2 aliphatic rings. The van der Waals surface area contributed by atoms with Crippen molar-refractivity contribution in [2.75, 3.05) is 13.1 Å². The molecule has 0 bridgehead atoms. The highest BCUT2D eigenvalue weighted by Gasteiger charge is 2.31. The van der Waals surface area contributed by atoms with Gasteiger partial charge in [0, 0.05) is 35.1 Å². The second kappa shape index (κ2) is 8.30. The van der Waals surface area contributed by atoms with Crippen molar-refractivity contribution in [3.05, 3.63) is 40.8 Å². The summed E-state index contributed by atoms with van der Waals surface area (Å²) in [4.78, 5) is 29.2. The van der Waals surface area contributed by atoms with Crippen LogP contribution in [0.4, 0.5) is 4.79 Å². The third-order valence-corrected chi connectivity index (χ3v) is 6.50. The molecule has 30 heavy (non-hydrogen) atoms. The van der Waals surface area contributed by atoms with Gasteiger partial charge in [0.1, 0.15) is 18.0 Å². The largest absolute Gasteiger partial charge is 0.488 e. The maximum Gasteiger partial charge on any atom is 0.407 e. The van der Waals surface area contributed by atoms with Crippen LogP contribution < -0.4 is 10.1 Å². The van der Waals surface area contributed by atoms with Gasteiger partial charge >= 0.3 is 6.09 Å². The molecule has 1 unspecified atom stereocenters. The Balaban J connectivity index is 1.48. The molecule has 4 rings (SSSR count). The van der Waals surface area contributed by atoms with Gasteiger partial charge in [-0.25, -0.2) is 4.79 Å². The standard InChI is InChI=1S/C23H28N2O4S/c1-23(2,3)29-22(27)24-13-16-8-6-7-11-25(16)21(26)19-12-15-14-28-18-10-5-4-9-17(18)20(15)30-19/h4-5,9-10,12,16H,6-8,11,13-14H2,1-3H3,(H,24,27). The number of carbonyl (C=O) groups is 2. The van der Waals surface area contributed by atoms with E-state index in [1.807, 2.05) is 56.0 Å². The molecule has 1 atom stereocenters. The molecule has 1 fully saturated rings. The van der Waals surface area contributed by atoms with Gasteiger partial charge in [0.2, 0.25) is 0 Å². The second-order valence-electron chi connectivity index (χ2n) is 8.78. The number of para-hydroxylation sites is 1. The molecule has 1 aromatic carbocycles. The van der Waals surface area contributed by atoms with Crippen molar-refractivity contribution < 1.29 is 19.1 Å². The Labute approximate surface area is 181 Å². The number of hydrogen-bond donors (Lipinski definition) is 1. The monoisotopic (exact) mass is 428 g/mol. The summed E-state index contributed by atoms with van der Waals surface area (Å²) in [6, 6.07) is 9.88. The van der Waals surface area contributed by atoms with Crippen LogP contribution in [0, 0.1) is 0 Å². The van der Waals surface area contributed by atoms with Crippen LogP contribution in [0.5, 0.6) is 5.75 Å². The van der Waals surface area contributed by atoms with Gasteiger partial charge in [-0.1, -0.05) is 12.1 Å². The van der Waals surface area contributed by atoms with Crippen LogP contribution >= 0.6 is 11.3 Å². The Bertz CT molecular complexity index is 947. The van der Waals surface area contributed by atoms with E-state index in [1.165, 1.54) is 11.3 Å². The van der Waals surface area contributed by atoms with Crippen molar-refractivity contribution in [3.63, 3.8) is 0 Å². The van der Waals surface area contributed by atoms with Crippen LogP contribution in [0.1, 0.15) is 55.3 Å². The van der Waals surface area contributed by atoms with Crippen LogP contribution in [-0.4, -0.2) is 41.6 Å². The SMILES string of the molecule is CC(C)(C)OC(=O)NCC1CCCCN1C(=O)c1cc2c(s1)-c1ccccc1OC2. The van der Waals surface area contributed by atoms with Gasteiger partial charge in [-0.3, -0.25) is 4.79 Å². The lowest BCUT2D eigenvalue weighted by atomic mass is 10.0. The third-order valence-electron chi connectivity index (χ3n) is 5.30. The number of fused-ring (bicyclic) bond motifs is 3. The summed E-state index contributed by atoms with van der Waals surface area (Å²) in [7, 11) is 0. The minimum Gasteiger partial charge on any atom is -0.488 e. The van der Waals surface area contributed by atoms with E-state index in [0.717, 1.165) is 45.9 Å². The van der Waals surface area contributed by atoms with E-state index in [9.17, 15) is 9.59 Å². The van der Waals surface area contributed by atoms with Crippen LogP contribution in [0.25, 0.3) is 10.4 Å². The number of benzene rings is 1. The fourth-order valence-corrected chi connectivity index (χ4v) is 5.10. The zero-order chi connectivity index (χ0) is 21.3. The summed E-state index contributed by atoms with van der Waals surface area (Å²) in [5.74, 6) is 0.894. The number of hydrogen-bond acceptors (Lipinski definition) is 5. The summed E-state index contributed by atoms with van der Waals surface area (Å²) in [5.41, 5.74) is 1.56. The molecule has 1 saturated heterocycles. The first-order valence-corrected chi connectivity index (χ1v) is 11.3. The van der Waals surface area contributed by atoms with Crippen LogP contribution in [0.3, 0.4) is 0 Å². The zero-order valence-electron chi connectivity index (χ0n) is 17.7. The van der Waals surface area contributed by atoms with Gasteiger partial charge in [-0.05, 0) is 58.2 Å². The number of thiophene rings is 1. The van der Waals surface area contributed by atoms with Gasteiger partial charge in [0.15, 0.2) is 0 Å². The van der Waals surface area contributed by atoms with E-state index in [1.54, 1.807) is 0 Å². The molecular formula is C23H28N2O4S. The highest BCUT2D eigenvalue weighted by molar-refractivity contribution is 7.17. The van der Waals surface area contributed by atoms with E-state index < -0.39 is 11.7 Å². The van der Waals surface area contributed by atoms with Gasteiger partial charge in [-0.15, -0.1) is 11.3 Å². The highest BCUT2D eigenvalue weighted by atomic mass is 32.1. The fourth-order valence-electron chi connectivity index (χ4n) is 3.94. The van der Waals surface area contributed by atoms with Crippen molar-refractivity contribution in [2.24, 2.45) is 0 Å². The molecule has 0 saturated carbocycles. The fraction of sp³-hybridized carbons (Fsp3) is 0.478. The third kappa shape index (κ3) is 4.46. The first-order chi connectivity index (χ1) is 14.3. The van der Waals surface area contributed by atoms with E-state index in [0.29, 0.717) is 19.7 Å². The van der Waals surface area contributed by atoms with Crippen molar-refractivity contribution in [2.45, 2.75) is 58.3 Å². The molecule has 6 nitrogen and oxygen atoms in total. The van der Waals surface area contributed by atoms with E-state index in [4.69, 9.17) is 9.47 Å². The first kappa shape index (κ1) is 20.7. The lowest BCUT2D eigenvalue weighted by molar-refractivity contribution is 0.0463. The number of amides is 2. The number of nitrogens with one attached hydrogen (secondary N) is 1. The quantitative estimate of drug-likeness (QED) is 0.761. The van der Waals surface area contributed by atoms with Gasteiger partial charge in [0.25, 0.3) is 5.91 Å². The Morgan fingerprint density at radius 3 is 2.87 bits per heavy atom. The number of nitrogens with zero attached hydrogens (tertiary/aromatic N) is 1. The minimum absolute atomic E-state index is 0.0265. The predicted octanol–water partition coefficient (Wildman–Crippen LogP) is 4.83. The summed E-state index contributed by atoms with van der Waals surface area (Å²) < 4.78 is 11.2. The molecule has 0 spiro atoms. The van der Waals surface area contributed by atoms with Gasteiger partial charge < -0.3 is 19.7 Å². The van der Waals surface area contributed by atoms with Crippen LogP contribution in [0.2, 0.25) is 0 Å². The number of piperidine rings is 1. The number of alkyl carbamates (subject to hydrolysis) is 1. The van der Waals surface area contributed by atoms with Gasteiger partial charge in [-0.2, -0.15) is 0 Å².